The lowest BCUT2D eigenvalue weighted by atomic mass is 10.0. The van der Waals surface area contributed by atoms with Gasteiger partial charge in [-0.15, -0.1) is 0 Å². The van der Waals surface area contributed by atoms with Gasteiger partial charge in [0.15, 0.2) is 0 Å². The molecule has 1 atom stereocenters. The zero-order valence-corrected chi connectivity index (χ0v) is 15.3. The number of hydrogen-bond acceptors (Lipinski definition) is 3. The topological polar surface area (TPSA) is 58.4 Å². The van der Waals surface area contributed by atoms with Crippen molar-refractivity contribution in [2.75, 3.05) is 13.1 Å². The fourth-order valence-corrected chi connectivity index (χ4v) is 3.58. The van der Waals surface area contributed by atoms with Gasteiger partial charge in [-0.2, -0.15) is 0 Å². The maximum atomic E-state index is 13.2. The van der Waals surface area contributed by atoms with Crippen LogP contribution in [0.4, 0.5) is 4.39 Å². The second kappa shape index (κ2) is 8.62. The fraction of sp³-hybridized carbons (Fsp3) is 0.350. The summed E-state index contributed by atoms with van der Waals surface area (Å²) in [4.78, 5) is 13.6. The van der Waals surface area contributed by atoms with Gasteiger partial charge in [0.05, 0.1) is 0 Å². The Morgan fingerprint density at radius 3 is 2.92 bits per heavy atom. The Morgan fingerprint density at radius 1 is 1.31 bits per heavy atom. The molecule has 0 aromatic heterocycles. The van der Waals surface area contributed by atoms with Gasteiger partial charge in [0.2, 0.25) is 5.91 Å². The highest BCUT2D eigenvalue weighted by Gasteiger charge is 2.20. The fourth-order valence-electron chi connectivity index (χ4n) is 3.35. The molecule has 1 saturated heterocycles. The number of amides is 1. The van der Waals surface area contributed by atoms with E-state index in [-0.39, 0.29) is 5.82 Å². The third-order valence-corrected chi connectivity index (χ3v) is 5.07. The van der Waals surface area contributed by atoms with Crippen LogP contribution in [0.25, 0.3) is 0 Å². The van der Waals surface area contributed by atoms with Gasteiger partial charge in [0.1, 0.15) is 5.82 Å². The number of nitrogens with two attached hydrogens (primary N) is 1. The van der Waals surface area contributed by atoms with E-state index >= 15 is 0 Å². The van der Waals surface area contributed by atoms with E-state index < -0.39 is 5.91 Å². The summed E-state index contributed by atoms with van der Waals surface area (Å²) in [5.41, 5.74) is 7.85. The summed E-state index contributed by atoms with van der Waals surface area (Å²) in [5, 5.41) is 4.03. The minimum absolute atomic E-state index is 0.310. The largest absolute Gasteiger partial charge is 0.366 e. The van der Waals surface area contributed by atoms with E-state index in [2.05, 4.69) is 10.2 Å². The average molecular weight is 376 g/mol. The van der Waals surface area contributed by atoms with Crippen LogP contribution in [0.3, 0.4) is 0 Å². The molecule has 26 heavy (non-hydrogen) atoms. The Balaban J connectivity index is 1.55. The third-order valence-electron chi connectivity index (χ3n) is 4.72. The molecule has 1 amide bonds. The lowest BCUT2D eigenvalue weighted by Crippen LogP contribution is -2.45. The van der Waals surface area contributed by atoms with E-state index in [4.69, 9.17) is 17.3 Å². The number of hydrogen-bond donors (Lipinski definition) is 2. The Bertz CT molecular complexity index is 783. The first-order chi connectivity index (χ1) is 12.5. The van der Waals surface area contributed by atoms with Gasteiger partial charge in [0, 0.05) is 36.3 Å². The molecule has 2 aromatic rings. The average Bonchev–Trinajstić information content (AvgIpc) is 2.63. The van der Waals surface area contributed by atoms with E-state index in [0.29, 0.717) is 29.7 Å². The summed E-state index contributed by atoms with van der Waals surface area (Å²) >= 11 is 6.15. The second-order valence-corrected chi connectivity index (χ2v) is 7.16. The van der Waals surface area contributed by atoms with Gasteiger partial charge in [-0.05, 0) is 54.8 Å². The predicted molar refractivity (Wildman–Crippen MR) is 102 cm³/mol. The van der Waals surface area contributed by atoms with E-state index in [0.717, 1.165) is 37.1 Å². The standard InChI is InChI=1S/C20H23ClFN3O/c21-19-10-17(22)7-6-16(19)12-25-8-2-5-18(13-25)24-11-14-3-1-4-15(9-14)20(23)26/h1,3-4,6-7,9-10,18,24H,2,5,8,11-13H2,(H2,23,26). The molecule has 1 aliphatic heterocycles. The maximum Gasteiger partial charge on any atom is 0.248 e. The van der Waals surface area contributed by atoms with Crippen LogP contribution >= 0.6 is 11.6 Å². The normalized spacial score (nSPS) is 18.0. The molecule has 1 heterocycles. The van der Waals surface area contributed by atoms with Crippen LogP contribution in [0.2, 0.25) is 5.02 Å². The molecule has 1 fully saturated rings. The first-order valence-corrected chi connectivity index (χ1v) is 9.17. The SMILES string of the molecule is NC(=O)c1cccc(CNC2CCCN(Cc3ccc(F)cc3Cl)C2)c1. The Kier molecular flexibility index (Phi) is 6.25. The van der Waals surface area contributed by atoms with Crippen LogP contribution in [-0.4, -0.2) is 29.9 Å². The van der Waals surface area contributed by atoms with Gasteiger partial charge in [-0.1, -0.05) is 29.8 Å². The second-order valence-electron chi connectivity index (χ2n) is 6.76. The van der Waals surface area contributed by atoms with Crippen LogP contribution in [-0.2, 0) is 13.1 Å². The molecule has 4 nitrogen and oxygen atoms in total. The summed E-state index contributed by atoms with van der Waals surface area (Å²) in [6.07, 6.45) is 2.20. The first kappa shape index (κ1) is 18.8. The number of primary amides is 1. The maximum absolute atomic E-state index is 13.2. The summed E-state index contributed by atoms with van der Waals surface area (Å²) in [7, 11) is 0. The van der Waals surface area contributed by atoms with Crippen molar-refractivity contribution in [3.63, 3.8) is 0 Å². The molecule has 0 aliphatic carbocycles. The third kappa shape index (κ3) is 5.04. The van der Waals surface area contributed by atoms with Crippen LogP contribution in [0.1, 0.15) is 34.3 Å². The van der Waals surface area contributed by atoms with Crippen molar-refractivity contribution in [1.82, 2.24) is 10.2 Å². The molecule has 138 valence electrons. The number of likely N-dealkylation sites (tertiary alicyclic amines) is 1. The number of halogens is 2. The Hall–Kier alpha value is -1.95. The summed E-state index contributed by atoms with van der Waals surface area (Å²) < 4.78 is 13.2. The first-order valence-electron chi connectivity index (χ1n) is 8.79. The van der Waals surface area contributed by atoms with Gasteiger partial charge >= 0.3 is 0 Å². The number of carbonyl (C=O) groups excluding carboxylic acids is 1. The molecule has 0 saturated carbocycles. The molecule has 1 aliphatic rings. The van der Waals surface area contributed by atoms with Crippen molar-refractivity contribution in [3.8, 4) is 0 Å². The minimum atomic E-state index is -0.410. The monoisotopic (exact) mass is 375 g/mol. The van der Waals surface area contributed by atoms with Crippen molar-refractivity contribution in [2.45, 2.75) is 32.0 Å². The smallest absolute Gasteiger partial charge is 0.248 e. The van der Waals surface area contributed by atoms with Crippen LogP contribution in [0, 0.1) is 5.82 Å². The zero-order chi connectivity index (χ0) is 18.5. The Morgan fingerprint density at radius 2 is 2.15 bits per heavy atom. The highest BCUT2D eigenvalue weighted by atomic mass is 35.5. The molecular weight excluding hydrogens is 353 g/mol. The summed E-state index contributed by atoms with van der Waals surface area (Å²) in [6, 6.07) is 12.3. The molecule has 3 rings (SSSR count). The predicted octanol–water partition coefficient (Wildman–Crippen LogP) is 3.33. The van der Waals surface area contributed by atoms with Crippen LogP contribution < -0.4 is 11.1 Å². The highest BCUT2D eigenvalue weighted by molar-refractivity contribution is 6.31. The van der Waals surface area contributed by atoms with Crippen LogP contribution in [0.5, 0.6) is 0 Å². The molecule has 0 radical (unpaired) electrons. The van der Waals surface area contributed by atoms with Crippen molar-refractivity contribution in [3.05, 3.63) is 70.0 Å². The van der Waals surface area contributed by atoms with Crippen molar-refractivity contribution >= 4 is 17.5 Å². The Labute approximate surface area is 158 Å². The molecule has 3 N–H and O–H groups in total. The lowest BCUT2D eigenvalue weighted by Gasteiger charge is -2.33. The molecular formula is C20H23ClFN3O. The molecule has 0 bridgehead atoms. The van der Waals surface area contributed by atoms with Gasteiger partial charge in [0.25, 0.3) is 0 Å². The molecule has 1 unspecified atom stereocenters. The number of rotatable bonds is 6. The number of benzene rings is 2. The minimum Gasteiger partial charge on any atom is -0.366 e. The van der Waals surface area contributed by atoms with Gasteiger partial charge in [-0.25, -0.2) is 4.39 Å². The van der Waals surface area contributed by atoms with Gasteiger partial charge < -0.3 is 11.1 Å². The van der Waals surface area contributed by atoms with Crippen LogP contribution in [0.15, 0.2) is 42.5 Å². The van der Waals surface area contributed by atoms with E-state index in [9.17, 15) is 9.18 Å². The quantitative estimate of drug-likeness (QED) is 0.814. The van der Waals surface area contributed by atoms with Gasteiger partial charge in [-0.3, -0.25) is 9.69 Å². The number of piperidine rings is 1. The summed E-state index contributed by atoms with van der Waals surface area (Å²) in [5.74, 6) is -0.720. The number of nitrogens with one attached hydrogen (secondary N) is 1. The van der Waals surface area contributed by atoms with Crippen molar-refractivity contribution < 1.29 is 9.18 Å². The molecule has 6 heteroatoms. The molecule has 0 spiro atoms. The van der Waals surface area contributed by atoms with E-state index in [1.54, 1.807) is 12.1 Å². The zero-order valence-electron chi connectivity index (χ0n) is 14.6. The van der Waals surface area contributed by atoms with E-state index in [1.165, 1.54) is 12.1 Å². The highest BCUT2D eigenvalue weighted by Crippen LogP contribution is 2.21. The summed E-state index contributed by atoms with van der Waals surface area (Å²) in [6.45, 7) is 3.32. The molecule has 2 aromatic carbocycles. The lowest BCUT2D eigenvalue weighted by molar-refractivity contribution is 0.1000. The van der Waals surface area contributed by atoms with Crippen molar-refractivity contribution in [1.29, 1.82) is 0 Å². The number of nitrogens with zero attached hydrogens (tertiary/aromatic N) is 1. The van der Waals surface area contributed by atoms with E-state index in [1.807, 2.05) is 18.2 Å². The van der Waals surface area contributed by atoms with Crippen molar-refractivity contribution in [2.24, 2.45) is 5.73 Å². The number of carbonyl (C=O) groups is 1.